The number of carbonyl (C=O) groups is 1. The zero-order valence-corrected chi connectivity index (χ0v) is 27.9. The van der Waals surface area contributed by atoms with Crippen LogP contribution in [0.15, 0.2) is 101 Å². The number of thiophene rings is 1. The number of fused-ring (bicyclic) bond motifs is 1. The molecule has 8 nitrogen and oxygen atoms in total. The van der Waals surface area contributed by atoms with E-state index >= 15 is 0 Å². The van der Waals surface area contributed by atoms with Crippen molar-refractivity contribution in [1.29, 1.82) is 0 Å². The summed E-state index contributed by atoms with van der Waals surface area (Å²) in [6.07, 6.45) is 0.866. The Bertz CT molecular complexity index is 2500. The van der Waals surface area contributed by atoms with E-state index in [1.165, 1.54) is 57.8 Å². The highest BCUT2D eigenvalue weighted by molar-refractivity contribution is 7.90. The maximum atomic E-state index is 14.9. The number of aryl methyl sites for hydroxylation is 1. The van der Waals surface area contributed by atoms with Crippen LogP contribution >= 0.6 is 22.9 Å². The molecule has 6 rings (SSSR count). The molecule has 0 unspecified atom stereocenters. The van der Waals surface area contributed by atoms with E-state index in [1.807, 2.05) is 11.6 Å². The van der Waals surface area contributed by atoms with Gasteiger partial charge in [0.05, 0.1) is 28.9 Å². The summed E-state index contributed by atoms with van der Waals surface area (Å²) in [5.41, 5.74) is 3.64. The van der Waals surface area contributed by atoms with E-state index in [2.05, 4.69) is 4.85 Å². The van der Waals surface area contributed by atoms with Crippen LogP contribution in [-0.2, 0) is 20.0 Å². The molecule has 1 N–H and O–H groups in total. The van der Waals surface area contributed by atoms with Gasteiger partial charge in [0.15, 0.2) is 0 Å². The molecule has 0 fully saturated rings. The smallest absolute Gasteiger partial charge is 0.268 e. The standard InChI is InChI=1S/C34H23ClFN3O5S3/c1-20-7-11-25(12-8-20)47(43,44)39-30-14-10-24(36)19-28(30)31(27-15-16-45-34(27)37-2)32(39)22-6-4-5-21(17-22)26-13-9-23(18-29(26)35)33(40)38-46(3,41)42/h4-19H,1,3H3,(H,38,40). The van der Waals surface area contributed by atoms with Crippen molar-refractivity contribution in [3.8, 4) is 33.5 Å². The highest BCUT2D eigenvalue weighted by atomic mass is 35.5. The van der Waals surface area contributed by atoms with Crippen molar-refractivity contribution in [2.45, 2.75) is 11.8 Å². The highest BCUT2D eigenvalue weighted by Gasteiger charge is 2.30. The summed E-state index contributed by atoms with van der Waals surface area (Å²) in [5.74, 6) is -1.42. The highest BCUT2D eigenvalue weighted by Crippen LogP contribution is 2.48. The first-order chi connectivity index (χ1) is 22.3. The molecule has 4 aromatic carbocycles. The van der Waals surface area contributed by atoms with Gasteiger partial charge in [0, 0.05) is 38.2 Å². The Morgan fingerprint density at radius 1 is 0.915 bits per heavy atom. The molecule has 13 heteroatoms. The van der Waals surface area contributed by atoms with Gasteiger partial charge in [-0.05, 0) is 66.4 Å². The zero-order valence-electron chi connectivity index (χ0n) is 24.7. The molecule has 0 spiro atoms. The summed E-state index contributed by atoms with van der Waals surface area (Å²) < 4.78 is 70.1. The summed E-state index contributed by atoms with van der Waals surface area (Å²) in [5, 5.41) is 2.49. The summed E-state index contributed by atoms with van der Waals surface area (Å²) in [4.78, 5) is 16.1. The minimum Gasteiger partial charge on any atom is -0.268 e. The second-order valence-electron chi connectivity index (χ2n) is 10.7. The Morgan fingerprint density at radius 3 is 2.32 bits per heavy atom. The normalized spacial score (nSPS) is 11.8. The summed E-state index contributed by atoms with van der Waals surface area (Å²) >= 11 is 7.79. The van der Waals surface area contributed by atoms with Crippen LogP contribution in [0.4, 0.5) is 9.39 Å². The largest absolute Gasteiger partial charge is 0.268 e. The monoisotopic (exact) mass is 703 g/mol. The number of nitrogens with zero attached hydrogens (tertiary/aromatic N) is 2. The molecule has 0 aliphatic heterocycles. The van der Waals surface area contributed by atoms with Crippen LogP contribution in [0, 0.1) is 19.3 Å². The summed E-state index contributed by atoms with van der Waals surface area (Å²) in [7, 11) is -8.08. The molecular weight excluding hydrogens is 681 g/mol. The number of hydrogen-bond acceptors (Lipinski definition) is 6. The third-order valence-electron chi connectivity index (χ3n) is 7.42. The average molecular weight is 704 g/mol. The van der Waals surface area contributed by atoms with Crippen molar-refractivity contribution >= 4 is 64.8 Å². The lowest BCUT2D eigenvalue weighted by Crippen LogP contribution is -2.29. The van der Waals surface area contributed by atoms with Crippen LogP contribution in [0.5, 0.6) is 0 Å². The van der Waals surface area contributed by atoms with Crippen molar-refractivity contribution in [2.75, 3.05) is 6.26 Å². The molecule has 0 saturated heterocycles. The number of halogens is 2. The summed E-state index contributed by atoms with van der Waals surface area (Å²) in [6, 6.07) is 23.2. The molecule has 1 amide bonds. The topological polar surface area (TPSA) is 107 Å². The van der Waals surface area contributed by atoms with Gasteiger partial charge in [-0.1, -0.05) is 59.6 Å². The minimum absolute atomic E-state index is 0.0232. The second kappa shape index (κ2) is 12.1. The first kappa shape index (κ1) is 32.2. The van der Waals surface area contributed by atoms with E-state index in [4.69, 9.17) is 18.2 Å². The van der Waals surface area contributed by atoms with Crippen LogP contribution in [0.1, 0.15) is 15.9 Å². The van der Waals surface area contributed by atoms with Crippen molar-refractivity contribution in [2.24, 2.45) is 0 Å². The van der Waals surface area contributed by atoms with Crippen molar-refractivity contribution in [3.63, 3.8) is 0 Å². The fourth-order valence-electron chi connectivity index (χ4n) is 5.36. The number of sulfonamides is 1. The Hall–Kier alpha value is -4.80. The van der Waals surface area contributed by atoms with Crippen LogP contribution in [0.25, 0.3) is 49.3 Å². The fraction of sp³-hybridized carbons (Fsp3) is 0.0588. The number of nitrogens with one attached hydrogen (secondary N) is 1. The number of rotatable bonds is 7. The lowest BCUT2D eigenvalue weighted by molar-refractivity contribution is 0.0981. The number of hydrogen-bond donors (Lipinski definition) is 1. The maximum Gasteiger partial charge on any atom is 0.268 e. The zero-order chi connectivity index (χ0) is 33.7. The van der Waals surface area contributed by atoms with Gasteiger partial charge in [-0.25, -0.2) is 34.8 Å². The van der Waals surface area contributed by atoms with Gasteiger partial charge in [-0.15, -0.1) is 0 Å². The number of amides is 1. The number of aromatic nitrogens is 1. The minimum atomic E-state index is -4.28. The lowest BCUT2D eigenvalue weighted by Gasteiger charge is -2.15. The van der Waals surface area contributed by atoms with Gasteiger partial charge in [0.25, 0.3) is 15.9 Å². The molecule has 0 bridgehead atoms. The third kappa shape index (κ3) is 6.06. The van der Waals surface area contributed by atoms with Crippen LogP contribution < -0.4 is 4.72 Å². The van der Waals surface area contributed by atoms with E-state index in [9.17, 15) is 26.0 Å². The number of carbonyl (C=O) groups excluding carboxylic acids is 1. The Kier molecular flexibility index (Phi) is 8.27. The molecule has 47 heavy (non-hydrogen) atoms. The molecule has 0 aliphatic carbocycles. The van der Waals surface area contributed by atoms with Crippen LogP contribution in [0.2, 0.25) is 5.02 Å². The van der Waals surface area contributed by atoms with Gasteiger partial charge >= 0.3 is 0 Å². The molecule has 236 valence electrons. The van der Waals surface area contributed by atoms with Gasteiger partial charge < -0.3 is 0 Å². The summed E-state index contributed by atoms with van der Waals surface area (Å²) in [6.45, 7) is 9.63. The first-order valence-corrected chi connectivity index (χ1v) is 18.4. The van der Waals surface area contributed by atoms with Gasteiger partial charge in [-0.3, -0.25) is 4.79 Å². The average Bonchev–Trinajstić information content (AvgIpc) is 3.62. The SMILES string of the molecule is [C-]#[N+]c1sccc1-c1c(-c2cccc(-c3ccc(C(=O)NS(C)(=O)=O)cc3Cl)c2)n(S(=O)(=O)c2ccc(C)cc2)c2ccc(F)cc12. The van der Waals surface area contributed by atoms with Crippen molar-refractivity contribution in [3.05, 3.63) is 130 Å². The first-order valence-electron chi connectivity index (χ1n) is 13.8. The van der Waals surface area contributed by atoms with Crippen LogP contribution in [-0.4, -0.2) is 33.0 Å². The molecule has 6 aromatic rings. The predicted molar refractivity (Wildman–Crippen MR) is 183 cm³/mol. The molecular formula is C34H23ClFN3O5S3. The predicted octanol–water partition coefficient (Wildman–Crippen LogP) is 8.28. The fourth-order valence-corrected chi connectivity index (χ4v) is 8.34. The Morgan fingerprint density at radius 2 is 1.64 bits per heavy atom. The van der Waals surface area contributed by atoms with E-state index in [0.29, 0.717) is 38.2 Å². The van der Waals surface area contributed by atoms with Crippen molar-refractivity contribution in [1.82, 2.24) is 8.69 Å². The van der Waals surface area contributed by atoms with Gasteiger partial charge in [0.1, 0.15) is 5.82 Å². The molecule has 0 saturated carbocycles. The quantitative estimate of drug-likeness (QED) is 0.169. The van der Waals surface area contributed by atoms with E-state index in [1.54, 1.807) is 53.9 Å². The molecule has 2 heterocycles. The third-order valence-corrected chi connectivity index (χ3v) is 10.8. The Labute approximate surface area is 279 Å². The molecule has 2 aromatic heterocycles. The van der Waals surface area contributed by atoms with Crippen LogP contribution in [0.3, 0.4) is 0 Å². The van der Waals surface area contributed by atoms with Crippen molar-refractivity contribution < 1.29 is 26.0 Å². The molecule has 0 atom stereocenters. The molecule has 0 aliphatic rings. The van der Waals surface area contributed by atoms with E-state index < -0.39 is 31.8 Å². The molecule has 0 radical (unpaired) electrons. The maximum absolute atomic E-state index is 14.9. The van der Waals surface area contributed by atoms with E-state index in [0.717, 1.165) is 11.8 Å². The second-order valence-corrected chi connectivity index (χ2v) is 15.5. The number of benzene rings is 4. The lowest BCUT2D eigenvalue weighted by atomic mass is 9.96. The van der Waals surface area contributed by atoms with Gasteiger partial charge in [-0.2, -0.15) is 11.3 Å². The van der Waals surface area contributed by atoms with Gasteiger partial charge in [0.2, 0.25) is 15.0 Å². The van der Waals surface area contributed by atoms with E-state index in [-0.39, 0.29) is 26.7 Å². The Balaban J connectivity index is 1.64.